The van der Waals surface area contributed by atoms with Gasteiger partial charge in [0, 0.05) is 43.1 Å². The molecule has 1 amide bonds. The molecular weight excluding hydrogens is 424 g/mol. The molecule has 1 aliphatic rings. The first-order chi connectivity index (χ1) is 14.7. The Hall–Kier alpha value is -3.31. The molecule has 2 aromatic carbocycles. The molecule has 10 nitrogen and oxygen atoms in total. The summed E-state index contributed by atoms with van der Waals surface area (Å²) in [5, 5.41) is 14.8. The van der Waals surface area contributed by atoms with Gasteiger partial charge in [-0.3, -0.25) is 9.52 Å². The molecule has 0 unspecified atom stereocenters. The highest BCUT2D eigenvalue weighted by Gasteiger charge is 2.14. The third-order valence-electron chi connectivity index (χ3n) is 4.50. The van der Waals surface area contributed by atoms with Gasteiger partial charge in [0.15, 0.2) is 6.61 Å². The molecule has 0 bridgehead atoms. The van der Waals surface area contributed by atoms with Crippen molar-refractivity contribution in [1.29, 1.82) is 0 Å². The van der Waals surface area contributed by atoms with Crippen molar-refractivity contribution in [2.45, 2.75) is 0 Å². The van der Waals surface area contributed by atoms with Crippen molar-refractivity contribution in [3.63, 3.8) is 0 Å². The number of carboxylic acid groups (broad SMARTS) is 1. The molecule has 0 aromatic heterocycles. The fraction of sp³-hybridized carbons (Fsp3) is 0.300. The van der Waals surface area contributed by atoms with Gasteiger partial charge >= 0.3 is 5.97 Å². The Morgan fingerprint density at radius 1 is 1.13 bits per heavy atom. The lowest BCUT2D eigenvalue weighted by atomic mass is 10.1. The van der Waals surface area contributed by atoms with E-state index in [-0.39, 0.29) is 17.3 Å². The van der Waals surface area contributed by atoms with E-state index in [0.717, 1.165) is 38.1 Å². The fourth-order valence-electron chi connectivity index (χ4n) is 3.10. The number of nitrogens with zero attached hydrogens (tertiary/aromatic N) is 1. The number of anilines is 3. The number of carbonyl (C=O) groups is 2. The first-order valence-electron chi connectivity index (χ1n) is 9.55. The summed E-state index contributed by atoms with van der Waals surface area (Å²) in [6.07, 6.45) is 0.958. The van der Waals surface area contributed by atoms with Crippen LogP contribution in [0.25, 0.3) is 0 Å². The van der Waals surface area contributed by atoms with Gasteiger partial charge in [0.25, 0.3) is 5.91 Å². The second kappa shape index (κ2) is 9.67. The Morgan fingerprint density at radius 2 is 1.81 bits per heavy atom. The van der Waals surface area contributed by atoms with Crippen LogP contribution in [-0.4, -0.2) is 64.4 Å². The third kappa shape index (κ3) is 6.59. The van der Waals surface area contributed by atoms with Crippen LogP contribution in [0.3, 0.4) is 0 Å². The highest BCUT2D eigenvalue weighted by atomic mass is 32.2. The molecule has 11 heteroatoms. The molecule has 0 saturated carbocycles. The lowest BCUT2D eigenvalue weighted by Crippen LogP contribution is -2.43. The normalized spacial score (nSPS) is 14.0. The molecule has 1 saturated heterocycles. The third-order valence-corrected chi connectivity index (χ3v) is 5.09. The van der Waals surface area contributed by atoms with Crippen molar-refractivity contribution in [2.75, 3.05) is 54.0 Å². The number of aliphatic carboxylic acids is 1. The number of ether oxygens (including phenoxy) is 1. The van der Waals surface area contributed by atoms with Crippen LogP contribution in [0.15, 0.2) is 42.5 Å². The van der Waals surface area contributed by atoms with Gasteiger partial charge in [0.1, 0.15) is 5.75 Å². The maximum Gasteiger partial charge on any atom is 0.341 e. The average Bonchev–Trinajstić information content (AvgIpc) is 2.72. The molecule has 0 radical (unpaired) electrons. The minimum atomic E-state index is -3.65. The summed E-state index contributed by atoms with van der Waals surface area (Å²) < 4.78 is 30.6. The highest BCUT2D eigenvalue weighted by molar-refractivity contribution is 7.92. The Kier molecular flexibility index (Phi) is 6.98. The number of carbonyl (C=O) groups excluding carboxylic acids is 1. The van der Waals surface area contributed by atoms with E-state index in [1.165, 1.54) is 18.2 Å². The largest absolute Gasteiger partial charge is 0.480 e. The summed E-state index contributed by atoms with van der Waals surface area (Å²) in [5.41, 5.74) is 1.83. The molecule has 166 valence electrons. The van der Waals surface area contributed by atoms with Crippen molar-refractivity contribution >= 4 is 39.0 Å². The van der Waals surface area contributed by atoms with Crippen LogP contribution < -0.4 is 25.0 Å². The number of amides is 1. The van der Waals surface area contributed by atoms with E-state index in [1.807, 2.05) is 12.1 Å². The molecule has 1 aliphatic heterocycles. The lowest BCUT2D eigenvalue weighted by molar-refractivity contribution is -0.139. The van der Waals surface area contributed by atoms with Gasteiger partial charge in [-0.05, 0) is 42.5 Å². The number of benzene rings is 2. The molecule has 1 fully saturated rings. The van der Waals surface area contributed by atoms with Crippen LogP contribution in [0.4, 0.5) is 17.1 Å². The van der Waals surface area contributed by atoms with E-state index < -0.39 is 22.6 Å². The summed E-state index contributed by atoms with van der Waals surface area (Å²) in [4.78, 5) is 25.6. The zero-order valence-corrected chi connectivity index (χ0v) is 17.7. The number of rotatable bonds is 8. The summed E-state index contributed by atoms with van der Waals surface area (Å²) in [5.74, 6) is -1.53. The first-order valence-corrected chi connectivity index (χ1v) is 11.4. The second-order valence-corrected chi connectivity index (χ2v) is 8.75. The molecule has 0 spiro atoms. The Balaban J connectivity index is 1.73. The summed E-state index contributed by atoms with van der Waals surface area (Å²) in [6.45, 7) is 3.00. The molecule has 0 atom stereocenters. The number of sulfonamides is 1. The van der Waals surface area contributed by atoms with Crippen molar-refractivity contribution < 1.29 is 27.9 Å². The van der Waals surface area contributed by atoms with Crippen LogP contribution in [-0.2, 0) is 14.8 Å². The van der Waals surface area contributed by atoms with Gasteiger partial charge in [0.2, 0.25) is 10.0 Å². The number of nitrogens with one attached hydrogen (secondary N) is 3. The standard InChI is InChI=1S/C20H24N4O6S/c1-31(28,29)23-17-12-15(4-7-18(17)30-13-19(25)26)22-20(27)14-2-5-16(6-3-14)24-10-8-21-9-11-24/h2-7,12,21,23H,8-11,13H2,1H3,(H,22,27)(H,25,26). The molecule has 2 aromatic rings. The summed E-state index contributed by atoms with van der Waals surface area (Å²) >= 11 is 0. The molecule has 3 rings (SSSR count). The molecule has 0 aliphatic carbocycles. The Labute approximate surface area is 180 Å². The van der Waals surface area contributed by atoms with E-state index in [4.69, 9.17) is 9.84 Å². The van der Waals surface area contributed by atoms with E-state index in [1.54, 1.807) is 12.1 Å². The average molecular weight is 449 g/mol. The SMILES string of the molecule is CS(=O)(=O)Nc1cc(NC(=O)c2ccc(N3CCNCC3)cc2)ccc1OCC(=O)O. The number of piperazine rings is 1. The van der Waals surface area contributed by atoms with Crippen LogP contribution in [0.5, 0.6) is 5.75 Å². The second-order valence-electron chi connectivity index (χ2n) is 7.01. The van der Waals surface area contributed by atoms with E-state index in [2.05, 4.69) is 20.3 Å². The predicted octanol–water partition coefficient (Wildman–Crippen LogP) is 1.18. The Bertz CT molecular complexity index is 1050. The van der Waals surface area contributed by atoms with Crippen molar-refractivity contribution in [3.05, 3.63) is 48.0 Å². The molecule has 31 heavy (non-hydrogen) atoms. The zero-order chi connectivity index (χ0) is 22.4. The van der Waals surface area contributed by atoms with Gasteiger partial charge in [0.05, 0.1) is 11.9 Å². The van der Waals surface area contributed by atoms with Crippen LogP contribution in [0.1, 0.15) is 10.4 Å². The minimum absolute atomic E-state index is 0.0237. The van der Waals surface area contributed by atoms with Gasteiger partial charge < -0.3 is 25.4 Å². The van der Waals surface area contributed by atoms with E-state index in [9.17, 15) is 18.0 Å². The van der Waals surface area contributed by atoms with E-state index >= 15 is 0 Å². The number of hydrogen-bond donors (Lipinski definition) is 4. The van der Waals surface area contributed by atoms with Gasteiger partial charge in [-0.1, -0.05) is 0 Å². The zero-order valence-electron chi connectivity index (χ0n) is 16.9. The monoisotopic (exact) mass is 448 g/mol. The van der Waals surface area contributed by atoms with Gasteiger partial charge in [-0.25, -0.2) is 13.2 Å². The highest BCUT2D eigenvalue weighted by Crippen LogP contribution is 2.29. The maximum absolute atomic E-state index is 12.6. The van der Waals surface area contributed by atoms with Gasteiger partial charge in [-0.2, -0.15) is 0 Å². The first kappa shape index (κ1) is 22.4. The lowest BCUT2D eigenvalue weighted by Gasteiger charge is -2.29. The maximum atomic E-state index is 12.6. The Morgan fingerprint density at radius 3 is 2.42 bits per heavy atom. The summed E-state index contributed by atoms with van der Waals surface area (Å²) in [6, 6.07) is 11.5. The van der Waals surface area contributed by atoms with Crippen molar-refractivity contribution in [1.82, 2.24) is 5.32 Å². The minimum Gasteiger partial charge on any atom is -0.480 e. The predicted molar refractivity (Wildman–Crippen MR) is 118 cm³/mol. The van der Waals surface area contributed by atoms with Crippen molar-refractivity contribution in [2.24, 2.45) is 0 Å². The van der Waals surface area contributed by atoms with Crippen LogP contribution in [0.2, 0.25) is 0 Å². The molecular formula is C20H24N4O6S. The van der Waals surface area contributed by atoms with Crippen molar-refractivity contribution in [3.8, 4) is 5.75 Å². The van der Waals surface area contributed by atoms with Crippen LogP contribution in [0, 0.1) is 0 Å². The van der Waals surface area contributed by atoms with Crippen LogP contribution >= 0.6 is 0 Å². The molecule has 4 N–H and O–H groups in total. The smallest absolute Gasteiger partial charge is 0.341 e. The summed E-state index contributed by atoms with van der Waals surface area (Å²) in [7, 11) is -3.65. The topological polar surface area (TPSA) is 137 Å². The fourth-order valence-corrected chi connectivity index (χ4v) is 3.66. The van der Waals surface area contributed by atoms with E-state index in [0.29, 0.717) is 11.3 Å². The quantitative estimate of drug-likeness (QED) is 0.473. The number of carboxylic acids is 1. The number of hydrogen-bond acceptors (Lipinski definition) is 7. The van der Waals surface area contributed by atoms with Gasteiger partial charge in [-0.15, -0.1) is 0 Å². The molecule has 1 heterocycles.